The Hall–Kier alpha value is -2.48. The van der Waals surface area contributed by atoms with Crippen LogP contribution in [0.2, 0.25) is 0 Å². The second-order valence-electron chi connectivity index (χ2n) is 6.52. The summed E-state index contributed by atoms with van der Waals surface area (Å²) in [7, 11) is 0. The van der Waals surface area contributed by atoms with Gasteiger partial charge in [-0.15, -0.1) is 0 Å². The van der Waals surface area contributed by atoms with Gasteiger partial charge in [0.2, 0.25) is 0 Å². The van der Waals surface area contributed by atoms with Gasteiger partial charge in [-0.05, 0) is 55.1 Å². The highest BCUT2D eigenvalue weighted by Gasteiger charge is 2.29. The average molecular weight is 408 g/mol. The highest BCUT2D eigenvalue weighted by atomic mass is 32.2. The third-order valence-electron chi connectivity index (χ3n) is 4.49. The van der Waals surface area contributed by atoms with E-state index in [0.717, 1.165) is 5.56 Å². The summed E-state index contributed by atoms with van der Waals surface area (Å²) < 4.78 is 37.2. The number of amides is 2. The molecule has 0 bridgehead atoms. The fraction of sp³-hybridized carbons (Fsp3) is 0.300. The summed E-state index contributed by atoms with van der Waals surface area (Å²) in [5.41, 5.74) is -2.33. The van der Waals surface area contributed by atoms with E-state index in [1.54, 1.807) is 21.9 Å². The van der Waals surface area contributed by atoms with Crippen molar-refractivity contribution in [2.75, 3.05) is 26.2 Å². The number of thioether (sulfide) groups is 1. The van der Waals surface area contributed by atoms with Crippen molar-refractivity contribution >= 4 is 23.6 Å². The van der Waals surface area contributed by atoms with Gasteiger partial charge in [-0.3, -0.25) is 9.59 Å². The van der Waals surface area contributed by atoms with E-state index in [0.29, 0.717) is 37.3 Å². The first-order valence-electron chi connectivity index (χ1n) is 8.74. The molecule has 0 spiro atoms. The van der Waals surface area contributed by atoms with E-state index >= 15 is 0 Å². The van der Waals surface area contributed by atoms with Crippen LogP contribution >= 0.6 is 11.8 Å². The number of rotatable bonds is 3. The van der Waals surface area contributed by atoms with Gasteiger partial charge in [-0.25, -0.2) is 0 Å². The Balaban J connectivity index is 1.57. The minimum atomic E-state index is -4.36. The number of piperazine rings is 1. The second kappa shape index (κ2) is 8.26. The molecule has 0 N–H and O–H groups in total. The molecule has 3 rings (SSSR count). The number of carbonyl (C=O) groups is 2. The second-order valence-corrected chi connectivity index (χ2v) is 7.66. The molecule has 4 nitrogen and oxygen atoms in total. The molecule has 1 aliphatic rings. The molecule has 1 heterocycles. The monoisotopic (exact) mass is 408 g/mol. The molecule has 1 saturated heterocycles. The molecule has 0 aliphatic carbocycles. The van der Waals surface area contributed by atoms with Crippen molar-refractivity contribution in [1.29, 1.82) is 0 Å². The number of carbonyl (C=O) groups excluding carboxylic acids is 2. The van der Waals surface area contributed by atoms with Crippen molar-refractivity contribution in [3.63, 3.8) is 0 Å². The molecule has 2 amide bonds. The fourth-order valence-electron chi connectivity index (χ4n) is 2.97. The van der Waals surface area contributed by atoms with Crippen molar-refractivity contribution in [3.05, 3.63) is 65.2 Å². The van der Waals surface area contributed by atoms with Crippen LogP contribution in [0.5, 0.6) is 0 Å². The number of hydrogen-bond donors (Lipinski definition) is 0. The quantitative estimate of drug-likeness (QED) is 0.715. The number of benzene rings is 2. The van der Waals surface area contributed by atoms with Crippen LogP contribution in [-0.4, -0.2) is 53.3 Å². The molecule has 148 valence electrons. The van der Waals surface area contributed by atoms with Crippen LogP contribution in [0.1, 0.15) is 26.3 Å². The maximum absolute atomic E-state index is 12.6. The van der Waals surface area contributed by atoms with E-state index in [1.807, 2.05) is 19.1 Å². The Morgan fingerprint density at radius 3 is 1.57 bits per heavy atom. The van der Waals surface area contributed by atoms with Crippen LogP contribution in [-0.2, 0) is 0 Å². The molecule has 0 radical (unpaired) electrons. The molecule has 1 aliphatic heterocycles. The van der Waals surface area contributed by atoms with Crippen molar-refractivity contribution in [3.8, 4) is 0 Å². The summed E-state index contributed by atoms with van der Waals surface area (Å²) in [6, 6.07) is 12.7. The summed E-state index contributed by atoms with van der Waals surface area (Å²) in [6.45, 7) is 3.55. The van der Waals surface area contributed by atoms with Gasteiger partial charge in [-0.2, -0.15) is 13.2 Å². The fourth-order valence-corrected chi connectivity index (χ4v) is 3.51. The minimum absolute atomic E-state index is 0.0394. The van der Waals surface area contributed by atoms with Crippen LogP contribution in [0, 0.1) is 6.92 Å². The molecule has 0 aromatic heterocycles. The van der Waals surface area contributed by atoms with E-state index in [1.165, 1.54) is 24.3 Å². The molecular weight excluding hydrogens is 389 g/mol. The Morgan fingerprint density at radius 2 is 1.18 bits per heavy atom. The standard InChI is InChI=1S/C20H19F3N2O2S/c1-14-2-4-15(5-3-14)18(26)24-10-12-25(13-11-24)19(27)16-6-8-17(9-7-16)28-20(21,22)23/h2-9H,10-13H2,1H3. The lowest BCUT2D eigenvalue weighted by atomic mass is 10.1. The lowest BCUT2D eigenvalue weighted by Gasteiger charge is -2.35. The molecule has 28 heavy (non-hydrogen) atoms. The summed E-state index contributed by atoms with van der Waals surface area (Å²) in [6.07, 6.45) is 0. The Bertz CT molecular complexity index is 843. The number of halogens is 3. The van der Waals surface area contributed by atoms with Crippen LogP contribution in [0.25, 0.3) is 0 Å². The number of hydrogen-bond acceptors (Lipinski definition) is 3. The first-order valence-corrected chi connectivity index (χ1v) is 9.55. The van der Waals surface area contributed by atoms with Crippen molar-refractivity contribution in [2.24, 2.45) is 0 Å². The zero-order valence-electron chi connectivity index (χ0n) is 15.2. The van der Waals surface area contributed by atoms with E-state index in [-0.39, 0.29) is 28.5 Å². The van der Waals surface area contributed by atoms with Gasteiger partial charge in [0.1, 0.15) is 0 Å². The predicted octanol–water partition coefficient (Wildman–Crippen LogP) is 4.21. The summed E-state index contributed by atoms with van der Waals surface area (Å²) in [5.74, 6) is -0.313. The predicted molar refractivity (Wildman–Crippen MR) is 101 cm³/mol. The molecule has 1 fully saturated rings. The lowest BCUT2D eigenvalue weighted by molar-refractivity contribution is -0.0328. The molecule has 8 heteroatoms. The van der Waals surface area contributed by atoms with Gasteiger partial charge < -0.3 is 9.80 Å². The van der Waals surface area contributed by atoms with Gasteiger partial charge in [0.15, 0.2) is 0 Å². The molecule has 2 aromatic carbocycles. The Labute approximate surface area is 165 Å². The SMILES string of the molecule is Cc1ccc(C(=O)N2CCN(C(=O)c3ccc(SC(F)(F)F)cc3)CC2)cc1. The molecular formula is C20H19F3N2O2S. The van der Waals surface area contributed by atoms with Gasteiger partial charge in [-0.1, -0.05) is 17.7 Å². The lowest BCUT2D eigenvalue weighted by Crippen LogP contribution is -2.50. The van der Waals surface area contributed by atoms with E-state index in [4.69, 9.17) is 0 Å². The average Bonchev–Trinajstić information content (AvgIpc) is 2.67. The summed E-state index contributed by atoms with van der Waals surface area (Å²) in [5, 5.41) is 0. The van der Waals surface area contributed by atoms with Gasteiger partial charge in [0, 0.05) is 42.2 Å². The maximum Gasteiger partial charge on any atom is 0.446 e. The van der Waals surface area contributed by atoms with Crippen LogP contribution in [0.15, 0.2) is 53.4 Å². The van der Waals surface area contributed by atoms with Gasteiger partial charge in [0.05, 0.1) is 0 Å². The third-order valence-corrected chi connectivity index (χ3v) is 5.23. The van der Waals surface area contributed by atoms with Gasteiger partial charge >= 0.3 is 5.51 Å². The van der Waals surface area contributed by atoms with E-state index < -0.39 is 5.51 Å². The van der Waals surface area contributed by atoms with Crippen LogP contribution in [0.3, 0.4) is 0 Å². The highest BCUT2D eigenvalue weighted by molar-refractivity contribution is 8.00. The van der Waals surface area contributed by atoms with Crippen LogP contribution < -0.4 is 0 Å². The maximum atomic E-state index is 12.6. The van der Waals surface area contributed by atoms with Gasteiger partial charge in [0.25, 0.3) is 11.8 Å². The third kappa shape index (κ3) is 5.07. The zero-order chi connectivity index (χ0) is 20.3. The topological polar surface area (TPSA) is 40.6 Å². The van der Waals surface area contributed by atoms with Crippen LogP contribution in [0.4, 0.5) is 13.2 Å². The number of nitrogens with zero attached hydrogens (tertiary/aromatic N) is 2. The number of aryl methyl sites for hydroxylation is 1. The molecule has 0 unspecified atom stereocenters. The molecule has 0 atom stereocenters. The van der Waals surface area contributed by atoms with E-state index in [2.05, 4.69) is 0 Å². The van der Waals surface area contributed by atoms with Crippen molar-refractivity contribution in [2.45, 2.75) is 17.3 Å². The molecule has 2 aromatic rings. The molecule has 0 saturated carbocycles. The first kappa shape index (κ1) is 20.3. The largest absolute Gasteiger partial charge is 0.446 e. The van der Waals surface area contributed by atoms with Crippen molar-refractivity contribution < 1.29 is 22.8 Å². The smallest absolute Gasteiger partial charge is 0.335 e. The number of alkyl halides is 3. The highest BCUT2D eigenvalue weighted by Crippen LogP contribution is 2.36. The summed E-state index contributed by atoms with van der Waals surface area (Å²) >= 11 is -0.210. The zero-order valence-corrected chi connectivity index (χ0v) is 16.0. The van der Waals surface area contributed by atoms with Crippen molar-refractivity contribution in [1.82, 2.24) is 9.80 Å². The minimum Gasteiger partial charge on any atom is -0.335 e. The first-order chi connectivity index (χ1) is 13.2. The Kier molecular flexibility index (Phi) is 5.98. The summed E-state index contributed by atoms with van der Waals surface area (Å²) in [4.78, 5) is 28.5. The normalized spacial score (nSPS) is 14.9. The Morgan fingerprint density at radius 1 is 0.786 bits per heavy atom. The van der Waals surface area contributed by atoms with E-state index in [9.17, 15) is 22.8 Å².